The summed E-state index contributed by atoms with van der Waals surface area (Å²) in [6.07, 6.45) is 0.938. The van der Waals surface area contributed by atoms with Crippen molar-refractivity contribution in [2.45, 2.75) is 19.9 Å². The largest absolute Gasteiger partial charge is 0.369 e. The lowest BCUT2D eigenvalue weighted by Crippen LogP contribution is -2.02. The lowest BCUT2D eigenvalue weighted by Gasteiger charge is -2.03. The lowest BCUT2D eigenvalue weighted by atomic mass is 10.3. The Morgan fingerprint density at radius 2 is 2.27 bits per heavy atom. The van der Waals surface area contributed by atoms with Crippen LogP contribution >= 0.6 is 15.9 Å². The summed E-state index contributed by atoms with van der Waals surface area (Å²) in [4.78, 5) is 4.18. The van der Waals surface area contributed by atoms with Crippen molar-refractivity contribution in [3.05, 3.63) is 22.4 Å². The van der Waals surface area contributed by atoms with Crippen LogP contribution in [0.2, 0.25) is 0 Å². The smallest absolute Gasteiger partial charge is 0.201 e. The summed E-state index contributed by atoms with van der Waals surface area (Å²) in [6, 6.07) is 3.10. The molecule has 0 aliphatic carbocycles. The van der Waals surface area contributed by atoms with Gasteiger partial charge in [-0.1, -0.05) is 6.92 Å². The van der Waals surface area contributed by atoms with Crippen LogP contribution < -0.4 is 5.73 Å². The van der Waals surface area contributed by atoms with Crippen molar-refractivity contribution in [2.75, 3.05) is 5.73 Å². The van der Waals surface area contributed by atoms with Crippen LogP contribution in [0.4, 0.5) is 10.3 Å². The van der Waals surface area contributed by atoms with E-state index < -0.39 is 0 Å². The summed E-state index contributed by atoms with van der Waals surface area (Å²) in [7, 11) is 0. The van der Waals surface area contributed by atoms with Gasteiger partial charge in [0, 0.05) is 12.6 Å². The van der Waals surface area contributed by atoms with Gasteiger partial charge in [-0.15, -0.1) is 0 Å². The molecule has 2 N–H and O–H groups in total. The predicted molar refractivity (Wildman–Crippen MR) is 62.1 cm³/mol. The zero-order valence-electron chi connectivity index (χ0n) is 8.30. The van der Waals surface area contributed by atoms with Crippen molar-refractivity contribution in [1.82, 2.24) is 9.55 Å². The van der Waals surface area contributed by atoms with E-state index in [1.54, 1.807) is 6.07 Å². The van der Waals surface area contributed by atoms with E-state index in [4.69, 9.17) is 5.73 Å². The second-order valence-corrected chi connectivity index (χ2v) is 4.23. The number of aryl methyl sites for hydroxylation is 1. The molecule has 1 aromatic heterocycles. The van der Waals surface area contributed by atoms with Crippen LogP contribution in [0.1, 0.15) is 13.3 Å². The zero-order chi connectivity index (χ0) is 11.0. The molecule has 0 saturated heterocycles. The number of nitrogens with zero attached hydrogens (tertiary/aromatic N) is 2. The van der Waals surface area contributed by atoms with E-state index in [2.05, 4.69) is 20.9 Å². The van der Waals surface area contributed by atoms with Gasteiger partial charge in [0.15, 0.2) is 0 Å². The molecule has 0 radical (unpaired) electrons. The third kappa shape index (κ3) is 1.71. The molecule has 1 aromatic carbocycles. The number of hydrogen-bond acceptors (Lipinski definition) is 2. The Morgan fingerprint density at radius 3 is 2.93 bits per heavy atom. The third-order valence-electron chi connectivity index (χ3n) is 2.27. The molecule has 0 saturated carbocycles. The second kappa shape index (κ2) is 3.81. The van der Waals surface area contributed by atoms with Gasteiger partial charge in [-0.3, -0.25) is 0 Å². The average molecular weight is 272 g/mol. The number of hydrogen-bond donors (Lipinski definition) is 1. The van der Waals surface area contributed by atoms with Gasteiger partial charge in [-0.05, 0) is 28.4 Å². The van der Waals surface area contributed by atoms with Crippen LogP contribution in [0.15, 0.2) is 16.6 Å². The maximum absolute atomic E-state index is 13.3. The van der Waals surface area contributed by atoms with Gasteiger partial charge >= 0.3 is 0 Å². The van der Waals surface area contributed by atoms with Gasteiger partial charge in [0.1, 0.15) is 5.82 Å². The van der Waals surface area contributed by atoms with Crippen molar-refractivity contribution in [2.24, 2.45) is 0 Å². The Kier molecular flexibility index (Phi) is 2.65. The summed E-state index contributed by atoms with van der Waals surface area (Å²) < 4.78 is 15.6. The Balaban J connectivity index is 2.70. The predicted octanol–water partition coefficient (Wildman–Crippen LogP) is 2.93. The van der Waals surface area contributed by atoms with Gasteiger partial charge < -0.3 is 10.3 Å². The number of anilines is 1. The van der Waals surface area contributed by atoms with E-state index in [1.807, 2.05) is 11.5 Å². The standard InChI is InChI=1S/C10H11BrFN3/c1-2-3-15-9-5-7(12)6(11)4-8(9)14-10(15)13/h4-5H,2-3H2,1H3,(H2,13,14). The number of rotatable bonds is 2. The molecule has 0 fully saturated rings. The van der Waals surface area contributed by atoms with Crippen LogP contribution in [-0.2, 0) is 6.54 Å². The molecular weight excluding hydrogens is 261 g/mol. The quantitative estimate of drug-likeness (QED) is 0.913. The Morgan fingerprint density at radius 1 is 1.53 bits per heavy atom. The summed E-state index contributed by atoms with van der Waals surface area (Å²) in [6.45, 7) is 2.80. The number of aromatic nitrogens is 2. The molecule has 1 heterocycles. The highest BCUT2D eigenvalue weighted by Crippen LogP contribution is 2.25. The van der Waals surface area contributed by atoms with E-state index in [0.29, 0.717) is 15.9 Å². The minimum atomic E-state index is -0.292. The molecule has 0 aliphatic rings. The van der Waals surface area contributed by atoms with Crippen molar-refractivity contribution >= 4 is 32.9 Å². The molecule has 15 heavy (non-hydrogen) atoms. The number of benzene rings is 1. The molecule has 0 spiro atoms. The van der Waals surface area contributed by atoms with E-state index in [-0.39, 0.29) is 5.82 Å². The van der Waals surface area contributed by atoms with Gasteiger partial charge in [0.05, 0.1) is 15.5 Å². The highest BCUT2D eigenvalue weighted by molar-refractivity contribution is 9.10. The molecule has 0 amide bonds. The second-order valence-electron chi connectivity index (χ2n) is 3.38. The zero-order valence-corrected chi connectivity index (χ0v) is 9.88. The van der Waals surface area contributed by atoms with Crippen molar-refractivity contribution in [3.8, 4) is 0 Å². The Hall–Kier alpha value is -1.10. The highest BCUT2D eigenvalue weighted by atomic mass is 79.9. The minimum absolute atomic E-state index is 0.292. The van der Waals surface area contributed by atoms with E-state index in [0.717, 1.165) is 18.5 Å². The molecule has 2 rings (SSSR count). The first-order chi connectivity index (χ1) is 7.13. The first kappa shape index (κ1) is 10.4. The molecule has 0 atom stereocenters. The molecular formula is C10H11BrFN3. The van der Waals surface area contributed by atoms with Gasteiger partial charge in [0.25, 0.3) is 0 Å². The normalized spacial score (nSPS) is 11.1. The van der Waals surface area contributed by atoms with Gasteiger partial charge in [0.2, 0.25) is 5.95 Å². The van der Waals surface area contributed by atoms with Crippen LogP contribution in [0.25, 0.3) is 11.0 Å². The molecule has 5 heteroatoms. The van der Waals surface area contributed by atoms with Crippen molar-refractivity contribution in [3.63, 3.8) is 0 Å². The summed E-state index contributed by atoms with van der Waals surface area (Å²) in [5.74, 6) is 0.143. The van der Waals surface area contributed by atoms with E-state index in [9.17, 15) is 4.39 Å². The van der Waals surface area contributed by atoms with E-state index >= 15 is 0 Å². The molecule has 80 valence electrons. The molecule has 0 unspecified atom stereocenters. The number of halogens is 2. The summed E-state index contributed by atoms with van der Waals surface area (Å²) >= 11 is 3.12. The topological polar surface area (TPSA) is 43.8 Å². The molecule has 0 bridgehead atoms. The summed E-state index contributed by atoms with van der Waals surface area (Å²) in [5, 5.41) is 0. The van der Waals surface area contributed by atoms with Gasteiger partial charge in [-0.25, -0.2) is 9.37 Å². The first-order valence-corrected chi connectivity index (χ1v) is 5.53. The fourth-order valence-electron chi connectivity index (χ4n) is 1.60. The number of fused-ring (bicyclic) bond motifs is 1. The van der Waals surface area contributed by atoms with Crippen LogP contribution in [0.5, 0.6) is 0 Å². The maximum Gasteiger partial charge on any atom is 0.201 e. The van der Waals surface area contributed by atoms with Crippen molar-refractivity contribution < 1.29 is 4.39 Å². The highest BCUT2D eigenvalue weighted by Gasteiger charge is 2.10. The number of nitrogens with two attached hydrogens (primary N) is 1. The molecule has 0 aliphatic heterocycles. The fourth-order valence-corrected chi connectivity index (χ4v) is 1.93. The van der Waals surface area contributed by atoms with Gasteiger partial charge in [-0.2, -0.15) is 0 Å². The monoisotopic (exact) mass is 271 g/mol. The number of nitrogen functional groups attached to an aromatic ring is 1. The lowest BCUT2D eigenvalue weighted by molar-refractivity contribution is 0.621. The minimum Gasteiger partial charge on any atom is -0.369 e. The fraction of sp³-hybridized carbons (Fsp3) is 0.300. The maximum atomic E-state index is 13.3. The van der Waals surface area contributed by atoms with Crippen LogP contribution in [-0.4, -0.2) is 9.55 Å². The van der Waals surface area contributed by atoms with E-state index in [1.165, 1.54) is 6.07 Å². The third-order valence-corrected chi connectivity index (χ3v) is 2.87. The number of imidazole rings is 1. The SMILES string of the molecule is CCCn1c(N)nc2cc(Br)c(F)cc21. The first-order valence-electron chi connectivity index (χ1n) is 4.74. The molecule has 2 aromatic rings. The molecule has 3 nitrogen and oxygen atoms in total. The van der Waals surface area contributed by atoms with Crippen LogP contribution in [0.3, 0.4) is 0 Å². The Bertz CT molecular complexity index is 507. The Labute approximate surface area is 95.2 Å². The summed E-state index contributed by atoms with van der Waals surface area (Å²) in [5.41, 5.74) is 7.22. The van der Waals surface area contributed by atoms with Crippen LogP contribution in [0, 0.1) is 5.82 Å². The van der Waals surface area contributed by atoms with Crippen molar-refractivity contribution in [1.29, 1.82) is 0 Å². The average Bonchev–Trinajstić information content (AvgIpc) is 2.46.